The fraction of sp³-hybridized carbons (Fsp3) is 0.111. The standard InChI is InChI=1S/C9H11N3O2S2/c10-5-8-1-2-9(15-8)16(13,14)12-7-3-4-11-6-7/h1-4,6,11-12H,5,10H2. The predicted molar refractivity (Wildman–Crippen MR) is 63.8 cm³/mol. The van der Waals surface area contributed by atoms with E-state index in [1.54, 1.807) is 30.6 Å². The van der Waals surface area contributed by atoms with Crippen LogP contribution in [0.15, 0.2) is 34.8 Å². The van der Waals surface area contributed by atoms with Crippen molar-refractivity contribution >= 4 is 27.0 Å². The minimum absolute atomic E-state index is 0.272. The molecule has 16 heavy (non-hydrogen) atoms. The Balaban J connectivity index is 2.25. The highest BCUT2D eigenvalue weighted by Gasteiger charge is 2.16. The third-order valence-electron chi connectivity index (χ3n) is 1.95. The van der Waals surface area contributed by atoms with Gasteiger partial charge < -0.3 is 10.7 Å². The lowest BCUT2D eigenvalue weighted by atomic mass is 10.5. The third-order valence-corrected chi connectivity index (χ3v) is 4.93. The van der Waals surface area contributed by atoms with Gasteiger partial charge in [-0.25, -0.2) is 8.42 Å². The molecule has 0 aromatic carbocycles. The van der Waals surface area contributed by atoms with Crippen LogP contribution in [-0.2, 0) is 16.6 Å². The van der Waals surface area contributed by atoms with Crippen molar-refractivity contribution in [1.82, 2.24) is 4.98 Å². The predicted octanol–water partition coefficient (Wildman–Crippen LogP) is 1.34. The molecule has 0 radical (unpaired) electrons. The monoisotopic (exact) mass is 257 g/mol. The number of nitrogens with one attached hydrogen (secondary N) is 2. The summed E-state index contributed by atoms with van der Waals surface area (Å²) in [5.41, 5.74) is 5.95. The fourth-order valence-corrected chi connectivity index (χ4v) is 3.49. The molecule has 0 fully saturated rings. The molecule has 0 saturated carbocycles. The summed E-state index contributed by atoms with van der Waals surface area (Å²) in [4.78, 5) is 3.62. The molecule has 7 heteroatoms. The van der Waals surface area contributed by atoms with Crippen LogP contribution in [0.3, 0.4) is 0 Å². The third kappa shape index (κ3) is 2.26. The maximum atomic E-state index is 11.9. The molecular weight excluding hydrogens is 246 g/mol. The summed E-state index contributed by atoms with van der Waals surface area (Å²) in [5, 5.41) is 0. The van der Waals surface area contributed by atoms with E-state index >= 15 is 0 Å². The van der Waals surface area contributed by atoms with Crippen LogP contribution in [0, 0.1) is 0 Å². The van der Waals surface area contributed by atoms with E-state index in [0.29, 0.717) is 12.2 Å². The van der Waals surface area contributed by atoms with Gasteiger partial charge in [-0.15, -0.1) is 11.3 Å². The zero-order chi connectivity index (χ0) is 11.6. The first kappa shape index (κ1) is 11.2. The van der Waals surface area contributed by atoms with E-state index in [-0.39, 0.29) is 4.21 Å². The van der Waals surface area contributed by atoms with Crippen LogP contribution in [0.4, 0.5) is 5.69 Å². The summed E-state index contributed by atoms with van der Waals surface area (Å²) in [6.07, 6.45) is 3.23. The van der Waals surface area contributed by atoms with Gasteiger partial charge in [-0.1, -0.05) is 0 Å². The van der Waals surface area contributed by atoms with Gasteiger partial charge in [0.2, 0.25) is 0 Å². The normalized spacial score (nSPS) is 11.6. The minimum Gasteiger partial charge on any atom is -0.366 e. The van der Waals surface area contributed by atoms with Crippen molar-refractivity contribution in [3.8, 4) is 0 Å². The van der Waals surface area contributed by atoms with E-state index in [9.17, 15) is 8.42 Å². The van der Waals surface area contributed by atoms with E-state index in [1.165, 1.54) is 11.3 Å². The summed E-state index contributed by atoms with van der Waals surface area (Å²) in [7, 11) is -3.48. The van der Waals surface area contributed by atoms with Crippen molar-refractivity contribution in [1.29, 1.82) is 0 Å². The lowest BCUT2D eigenvalue weighted by molar-refractivity contribution is 0.603. The Kier molecular flexibility index (Phi) is 2.99. The summed E-state index contributed by atoms with van der Waals surface area (Å²) in [5.74, 6) is 0. The number of anilines is 1. The van der Waals surface area contributed by atoms with Gasteiger partial charge in [-0.05, 0) is 18.2 Å². The molecule has 86 valence electrons. The number of hydrogen-bond acceptors (Lipinski definition) is 4. The van der Waals surface area contributed by atoms with E-state index in [4.69, 9.17) is 5.73 Å². The fourth-order valence-electron chi connectivity index (χ4n) is 1.21. The molecule has 0 amide bonds. The zero-order valence-electron chi connectivity index (χ0n) is 8.30. The van der Waals surface area contributed by atoms with Crippen LogP contribution in [0.2, 0.25) is 0 Å². The lowest BCUT2D eigenvalue weighted by Crippen LogP contribution is -2.10. The molecule has 0 spiro atoms. The summed E-state index contributed by atoms with van der Waals surface area (Å²) in [6, 6.07) is 4.92. The van der Waals surface area contributed by atoms with E-state index in [1.807, 2.05) is 0 Å². The van der Waals surface area contributed by atoms with Crippen molar-refractivity contribution in [2.24, 2.45) is 5.73 Å². The van der Waals surface area contributed by atoms with Crippen LogP contribution in [-0.4, -0.2) is 13.4 Å². The van der Waals surface area contributed by atoms with Crippen molar-refractivity contribution in [3.63, 3.8) is 0 Å². The van der Waals surface area contributed by atoms with Gasteiger partial charge in [0.25, 0.3) is 10.0 Å². The first-order valence-electron chi connectivity index (χ1n) is 4.56. The zero-order valence-corrected chi connectivity index (χ0v) is 9.94. The largest absolute Gasteiger partial charge is 0.366 e. The Hall–Kier alpha value is -1.31. The Morgan fingerprint density at radius 3 is 2.75 bits per heavy atom. The highest BCUT2D eigenvalue weighted by Crippen LogP contribution is 2.23. The van der Waals surface area contributed by atoms with E-state index in [0.717, 1.165) is 4.88 Å². The first-order chi connectivity index (χ1) is 7.62. The average Bonchev–Trinajstić information content (AvgIpc) is 2.85. The Morgan fingerprint density at radius 2 is 2.19 bits per heavy atom. The molecule has 0 aliphatic rings. The van der Waals surface area contributed by atoms with Gasteiger partial charge >= 0.3 is 0 Å². The second kappa shape index (κ2) is 4.28. The van der Waals surface area contributed by atoms with Crippen LogP contribution < -0.4 is 10.5 Å². The molecule has 5 nitrogen and oxygen atoms in total. The molecule has 0 aliphatic carbocycles. The number of rotatable bonds is 4. The van der Waals surface area contributed by atoms with Gasteiger partial charge in [-0.2, -0.15) is 0 Å². The lowest BCUT2D eigenvalue weighted by Gasteiger charge is -2.02. The maximum Gasteiger partial charge on any atom is 0.271 e. The molecule has 2 heterocycles. The Labute approximate surface area is 97.4 Å². The van der Waals surface area contributed by atoms with Gasteiger partial charge in [0.1, 0.15) is 4.21 Å². The first-order valence-corrected chi connectivity index (χ1v) is 6.86. The molecule has 0 unspecified atom stereocenters. The smallest absolute Gasteiger partial charge is 0.271 e. The van der Waals surface area contributed by atoms with Crippen molar-refractivity contribution in [2.75, 3.05) is 4.72 Å². The van der Waals surface area contributed by atoms with Crippen LogP contribution in [0.1, 0.15) is 4.88 Å². The molecule has 4 N–H and O–H groups in total. The van der Waals surface area contributed by atoms with E-state index in [2.05, 4.69) is 9.71 Å². The number of aromatic nitrogens is 1. The maximum absolute atomic E-state index is 11.9. The number of thiophene rings is 1. The molecule has 2 aromatic rings. The summed E-state index contributed by atoms with van der Waals surface area (Å²) in [6.45, 7) is 0.352. The molecule has 0 bridgehead atoms. The molecule has 0 aliphatic heterocycles. The topological polar surface area (TPSA) is 88.0 Å². The number of hydrogen-bond donors (Lipinski definition) is 3. The number of sulfonamides is 1. The SMILES string of the molecule is NCc1ccc(S(=O)(=O)Nc2cc[nH]c2)s1. The second-order valence-electron chi connectivity index (χ2n) is 3.13. The highest BCUT2D eigenvalue weighted by molar-refractivity contribution is 7.94. The second-order valence-corrected chi connectivity index (χ2v) is 6.21. The average molecular weight is 257 g/mol. The number of aromatic amines is 1. The van der Waals surface area contributed by atoms with Gasteiger partial charge in [-0.3, -0.25) is 4.72 Å². The summed E-state index contributed by atoms with van der Waals surface area (Å²) >= 11 is 1.18. The van der Waals surface area contributed by atoms with Crippen molar-refractivity contribution < 1.29 is 8.42 Å². The Bertz CT molecular complexity index is 557. The Morgan fingerprint density at radius 1 is 1.38 bits per heavy atom. The van der Waals surface area contributed by atoms with Gasteiger partial charge in [0.15, 0.2) is 0 Å². The van der Waals surface area contributed by atoms with Crippen LogP contribution >= 0.6 is 11.3 Å². The number of H-pyrrole nitrogens is 1. The minimum atomic E-state index is -3.48. The molecule has 2 rings (SSSR count). The van der Waals surface area contributed by atoms with Crippen LogP contribution in [0.5, 0.6) is 0 Å². The number of nitrogens with two attached hydrogens (primary N) is 1. The van der Waals surface area contributed by atoms with Gasteiger partial charge in [0.05, 0.1) is 5.69 Å². The molecule has 2 aromatic heterocycles. The van der Waals surface area contributed by atoms with E-state index < -0.39 is 10.0 Å². The van der Waals surface area contributed by atoms with Crippen molar-refractivity contribution in [3.05, 3.63) is 35.5 Å². The molecule has 0 atom stereocenters. The molecular formula is C9H11N3O2S2. The van der Waals surface area contributed by atoms with Crippen molar-refractivity contribution in [2.45, 2.75) is 10.8 Å². The van der Waals surface area contributed by atoms with Gasteiger partial charge in [0, 0.05) is 23.8 Å². The quantitative estimate of drug-likeness (QED) is 0.772. The van der Waals surface area contributed by atoms with Crippen LogP contribution in [0.25, 0.3) is 0 Å². The highest BCUT2D eigenvalue weighted by atomic mass is 32.2. The molecule has 0 saturated heterocycles. The summed E-state index contributed by atoms with van der Waals surface area (Å²) < 4.78 is 26.5.